The lowest BCUT2D eigenvalue weighted by atomic mass is 10.1. The first-order valence-corrected chi connectivity index (χ1v) is 7.50. The summed E-state index contributed by atoms with van der Waals surface area (Å²) in [7, 11) is 0. The van der Waals surface area contributed by atoms with Crippen LogP contribution in [0.1, 0.15) is 18.3 Å². The Hall–Kier alpha value is -2.33. The quantitative estimate of drug-likeness (QED) is 0.820. The average Bonchev–Trinajstić information content (AvgIpc) is 2.94. The fourth-order valence-corrected chi connectivity index (χ4v) is 2.49. The molecule has 0 aliphatic carbocycles. The van der Waals surface area contributed by atoms with Crippen molar-refractivity contribution >= 4 is 46.7 Å². The molecule has 0 fully saturated rings. The number of amides is 2. The van der Waals surface area contributed by atoms with Gasteiger partial charge in [-0.1, -0.05) is 23.2 Å². The summed E-state index contributed by atoms with van der Waals surface area (Å²) in [4.78, 5) is 27.3. The van der Waals surface area contributed by atoms with Crippen LogP contribution in [0.5, 0.6) is 0 Å². The van der Waals surface area contributed by atoms with Crippen LogP contribution in [0.2, 0.25) is 10.0 Å². The minimum absolute atomic E-state index is 0.182. The molecule has 25 heavy (non-hydrogen) atoms. The third kappa shape index (κ3) is 3.54. The van der Waals surface area contributed by atoms with E-state index in [-0.39, 0.29) is 22.2 Å². The number of hydrogen-bond donors (Lipinski definition) is 2. The van der Waals surface area contributed by atoms with Gasteiger partial charge in [-0.05, 0) is 18.2 Å². The molecule has 2 amide bonds. The molecule has 0 radical (unpaired) electrons. The standard InChI is InChI=1S/C13H8Cl2F3N5O2/c14-6-2-1-5(3-7(6)15)19-10(25)8-4-9(24)20-12-21-11(13(16,17)18)22-23(8)12/h1-3,8H,4H2,(H,19,25)(H,20,21,22,24). The number of carbonyl (C=O) groups excluding carboxylic acids is 2. The highest BCUT2D eigenvalue weighted by Crippen LogP contribution is 2.32. The Bertz CT molecular complexity index is 868. The monoisotopic (exact) mass is 393 g/mol. The van der Waals surface area contributed by atoms with Gasteiger partial charge in [-0.25, -0.2) is 4.68 Å². The second-order valence-corrected chi connectivity index (χ2v) is 5.90. The maximum absolute atomic E-state index is 12.7. The summed E-state index contributed by atoms with van der Waals surface area (Å²) in [6, 6.07) is 2.98. The first-order valence-electron chi connectivity index (χ1n) is 6.74. The first kappa shape index (κ1) is 17.5. The Morgan fingerprint density at radius 2 is 2.04 bits per heavy atom. The summed E-state index contributed by atoms with van der Waals surface area (Å²) in [6.07, 6.45) is -5.19. The van der Waals surface area contributed by atoms with Crippen molar-refractivity contribution in [1.29, 1.82) is 0 Å². The van der Waals surface area contributed by atoms with Crippen LogP contribution in [0.4, 0.5) is 24.8 Å². The lowest BCUT2D eigenvalue weighted by molar-refractivity contribution is -0.145. The Morgan fingerprint density at radius 3 is 2.68 bits per heavy atom. The normalized spacial score (nSPS) is 17.0. The summed E-state index contributed by atoms with van der Waals surface area (Å²) in [5.41, 5.74) is 0.267. The van der Waals surface area contributed by atoms with Crippen LogP contribution in [0.3, 0.4) is 0 Å². The molecule has 1 aliphatic rings. The van der Waals surface area contributed by atoms with Crippen LogP contribution < -0.4 is 10.6 Å². The highest BCUT2D eigenvalue weighted by atomic mass is 35.5. The number of alkyl halides is 3. The van der Waals surface area contributed by atoms with Gasteiger partial charge < -0.3 is 5.32 Å². The minimum Gasteiger partial charge on any atom is -0.324 e. The summed E-state index contributed by atoms with van der Waals surface area (Å²) in [5, 5.41) is 8.35. The predicted octanol–water partition coefficient (Wildman–Crippen LogP) is 3.13. The lowest BCUT2D eigenvalue weighted by Gasteiger charge is -2.22. The molecule has 0 saturated carbocycles. The van der Waals surface area contributed by atoms with Gasteiger partial charge >= 0.3 is 6.18 Å². The smallest absolute Gasteiger partial charge is 0.324 e. The van der Waals surface area contributed by atoms with Gasteiger partial charge in [0, 0.05) is 5.69 Å². The van der Waals surface area contributed by atoms with Crippen molar-refractivity contribution in [3.8, 4) is 0 Å². The molecule has 12 heteroatoms. The van der Waals surface area contributed by atoms with E-state index in [1.54, 1.807) is 0 Å². The van der Waals surface area contributed by atoms with Crippen molar-refractivity contribution in [3.05, 3.63) is 34.1 Å². The number of nitrogens with one attached hydrogen (secondary N) is 2. The summed E-state index contributed by atoms with van der Waals surface area (Å²) < 4.78 is 39.0. The molecule has 1 aromatic carbocycles. The van der Waals surface area contributed by atoms with Gasteiger partial charge in [0.2, 0.25) is 17.8 Å². The fourth-order valence-electron chi connectivity index (χ4n) is 2.19. The van der Waals surface area contributed by atoms with E-state index in [9.17, 15) is 22.8 Å². The number of halogens is 5. The summed E-state index contributed by atoms with van der Waals surface area (Å²) in [5.74, 6) is -3.29. The van der Waals surface area contributed by atoms with Gasteiger partial charge in [-0.15, -0.1) is 5.10 Å². The van der Waals surface area contributed by atoms with E-state index in [4.69, 9.17) is 23.2 Å². The van der Waals surface area contributed by atoms with Gasteiger partial charge in [0.25, 0.3) is 5.82 Å². The lowest BCUT2D eigenvalue weighted by Crippen LogP contribution is -2.36. The van der Waals surface area contributed by atoms with Crippen LogP contribution >= 0.6 is 23.2 Å². The third-order valence-corrected chi connectivity index (χ3v) is 4.04. The van der Waals surface area contributed by atoms with Crippen molar-refractivity contribution in [2.45, 2.75) is 18.6 Å². The topological polar surface area (TPSA) is 88.9 Å². The number of rotatable bonds is 2. The van der Waals surface area contributed by atoms with Crippen molar-refractivity contribution in [1.82, 2.24) is 14.8 Å². The zero-order valence-corrected chi connectivity index (χ0v) is 13.6. The fraction of sp³-hybridized carbons (Fsp3) is 0.231. The predicted molar refractivity (Wildman–Crippen MR) is 82.4 cm³/mol. The molecular formula is C13H8Cl2F3N5O2. The van der Waals surface area contributed by atoms with E-state index >= 15 is 0 Å². The Balaban J connectivity index is 1.89. The number of fused-ring (bicyclic) bond motifs is 1. The van der Waals surface area contributed by atoms with E-state index in [0.29, 0.717) is 0 Å². The Kier molecular flexibility index (Phi) is 4.33. The maximum Gasteiger partial charge on any atom is 0.453 e. The van der Waals surface area contributed by atoms with Crippen LogP contribution in [0.25, 0.3) is 0 Å². The number of aromatic nitrogens is 3. The summed E-state index contributed by atoms with van der Waals surface area (Å²) >= 11 is 11.6. The zero-order valence-electron chi connectivity index (χ0n) is 12.1. The maximum atomic E-state index is 12.7. The van der Waals surface area contributed by atoms with Crippen molar-refractivity contribution < 1.29 is 22.8 Å². The molecule has 0 saturated heterocycles. The average molecular weight is 394 g/mol. The van der Waals surface area contributed by atoms with E-state index in [1.807, 2.05) is 0 Å². The van der Waals surface area contributed by atoms with Crippen LogP contribution in [-0.2, 0) is 15.8 Å². The second kappa shape index (κ2) is 6.19. The molecule has 1 unspecified atom stereocenters. The Morgan fingerprint density at radius 1 is 1.32 bits per heavy atom. The molecule has 1 aliphatic heterocycles. The first-order chi connectivity index (χ1) is 11.6. The number of anilines is 2. The van der Waals surface area contributed by atoms with E-state index < -0.39 is 35.8 Å². The molecule has 0 spiro atoms. The van der Waals surface area contributed by atoms with Crippen LogP contribution in [0, 0.1) is 0 Å². The van der Waals surface area contributed by atoms with Gasteiger partial charge in [-0.2, -0.15) is 18.2 Å². The number of hydrogen-bond acceptors (Lipinski definition) is 4. The van der Waals surface area contributed by atoms with Crippen molar-refractivity contribution in [3.63, 3.8) is 0 Å². The molecular weight excluding hydrogens is 386 g/mol. The van der Waals surface area contributed by atoms with E-state index in [2.05, 4.69) is 20.7 Å². The highest BCUT2D eigenvalue weighted by molar-refractivity contribution is 6.42. The molecule has 7 nitrogen and oxygen atoms in total. The van der Waals surface area contributed by atoms with E-state index in [1.165, 1.54) is 18.2 Å². The van der Waals surface area contributed by atoms with Crippen molar-refractivity contribution in [2.24, 2.45) is 0 Å². The number of nitrogens with zero attached hydrogens (tertiary/aromatic N) is 3. The second-order valence-electron chi connectivity index (χ2n) is 5.09. The minimum atomic E-state index is -4.81. The Labute approximate surface area is 148 Å². The molecule has 3 rings (SSSR count). The molecule has 2 N–H and O–H groups in total. The summed E-state index contributed by atoms with van der Waals surface area (Å²) in [6.45, 7) is 0. The molecule has 1 atom stereocenters. The molecule has 0 bridgehead atoms. The number of carbonyl (C=O) groups is 2. The van der Waals surface area contributed by atoms with Crippen LogP contribution in [0.15, 0.2) is 18.2 Å². The molecule has 2 aromatic rings. The molecule has 1 aromatic heterocycles. The largest absolute Gasteiger partial charge is 0.453 e. The zero-order chi connectivity index (χ0) is 18.4. The van der Waals surface area contributed by atoms with Gasteiger partial charge in [0.1, 0.15) is 6.04 Å². The van der Waals surface area contributed by atoms with Gasteiger partial charge in [0.05, 0.1) is 16.5 Å². The third-order valence-electron chi connectivity index (χ3n) is 3.30. The molecule has 132 valence electrons. The SMILES string of the molecule is O=C1CC(C(=O)Nc2ccc(Cl)c(Cl)c2)n2nc(C(F)(F)F)nc2N1. The molecule has 2 heterocycles. The van der Waals surface area contributed by atoms with Crippen LogP contribution in [-0.4, -0.2) is 26.6 Å². The van der Waals surface area contributed by atoms with Gasteiger partial charge in [0.15, 0.2) is 0 Å². The van der Waals surface area contributed by atoms with Gasteiger partial charge in [-0.3, -0.25) is 14.9 Å². The van der Waals surface area contributed by atoms with Crippen molar-refractivity contribution in [2.75, 3.05) is 10.6 Å². The number of benzene rings is 1. The van der Waals surface area contributed by atoms with E-state index in [0.717, 1.165) is 4.68 Å². The highest BCUT2D eigenvalue weighted by Gasteiger charge is 2.41.